The molecule has 3 heteroatoms. The molecule has 0 unspecified atom stereocenters. The number of carbonyl (C=O) groups is 1. The molecular formula is C27H40N2O. The predicted molar refractivity (Wildman–Crippen MR) is 127 cm³/mol. The molecule has 164 valence electrons. The molecule has 1 aliphatic carbocycles. The lowest BCUT2D eigenvalue weighted by atomic mass is 9.86. The van der Waals surface area contributed by atoms with E-state index in [-0.39, 0.29) is 11.3 Å². The number of carbonyl (C=O) groups excluding carboxylic acids is 1. The van der Waals surface area contributed by atoms with Crippen LogP contribution in [-0.4, -0.2) is 10.5 Å². The van der Waals surface area contributed by atoms with Crippen LogP contribution in [0.1, 0.15) is 99.9 Å². The molecule has 2 aromatic rings. The number of rotatable bonds is 7. The number of nitrogens with two attached hydrogens (primary N) is 1. The minimum atomic E-state index is -0.303. The van der Waals surface area contributed by atoms with Crippen LogP contribution in [0.15, 0.2) is 24.3 Å². The summed E-state index contributed by atoms with van der Waals surface area (Å²) in [6.07, 6.45) is 9.88. The first-order valence-corrected chi connectivity index (χ1v) is 11.9. The van der Waals surface area contributed by atoms with E-state index in [2.05, 4.69) is 63.5 Å². The average molecular weight is 409 g/mol. The van der Waals surface area contributed by atoms with Gasteiger partial charge in [-0.15, -0.1) is 0 Å². The van der Waals surface area contributed by atoms with E-state index in [0.29, 0.717) is 5.92 Å². The van der Waals surface area contributed by atoms with Crippen molar-refractivity contribution in [2.24, 2.45) is 11.7 Å². The Bertz CT molecular complexity index is 862. The van der Waals surface area contributed by atoms with Crippen molar-refractivity contribution in [3.05, 3.63) is 46.8 Å². The number of primary amides is 1. The largest absolute Gasteiger partial charge is 0.366 e. The van der Waals surface area contributed by atoms with E-state index in [1.165, 1.54) is 43.4 Å². The van der Waals surface area contributed by atoms with Crippen molar-refractivity contribution in [2.45, 2.75) is 97.9 Å². The van der Waals surface area contributed by atoms with Crippen LogP contribution < -0.4 is 5.73 Å². The summed E-state index contributed by atoms with van der Waals surface area (Å²) in [5.74, 6) is 0.407. The first kappa shape index (κ1) is 22.7. The molecule has 1 heterocycles. The molecule has 3 rings (SSSR count). The molecule has 0 bridgehead atoms. The Hall–Kier alpha value is -2.03. The molecule has 1 amide bonds. The van der Waals surface area contributed by atoms with Crippen LogP contribution in [-0.2, 0) is 18.4 Å². The summed E-state index contributed by atoms with van der Waals surface area (Å²) < 4.78 is 2.44. The van der Waals surface area contributed by atoms with Crippen molar-refractivity contribution in [1.29, 1.82) is 0 Å². The van der Waals surface area contributed by atoms with Crippen LogP contribution in [0.5, 0.6) is 0 Å². The summed E-state index contributed by atoms with van der Waals surface area (Å²) in [7, 11) is 0. The Labute approximate surface area is 183 Å². The first-order valence-electron chi connectivity index (χ1n) is 11.9. The zero-order valence-electron chi connectivity index (χ0n) is 19.7. The standard InChI is InChI=1S/C27H40N2O/c1-6-7-13-23-25(21-14-16-22(17-15-21)27(3,4)5)24(26(28)30)19(2)29(23)18-20-11-9-8-10-12-20/h14-17,20H,6-13,18H2,1-5H3,(H2,28,30). The van der Waals surface area contributed by atoms with Crippen molar-refractivity contribution in [3.63, 3.8) is 0 Å². The maximum Gasteiger partial charge on any atom is 0.251 e. The van der Waals surface area contributed by atoms with Gasteiger partial charge >= 0.3 is 0 Å². The molecule has 0 saturated heterocycles. The highest BCUT2D eigenvalue weighted by Gasteiger charge is 2.26. The van der Waals surface area contributed by atoms with Gasteiger partial charge in [-0.2, -0.15) is 0 Å². The van der Waals surface area contributed by atoms with Crippen LogP contribution in [0.2, 0.25) is 0 Å². The molecule has 1 fully saturated rings. The van der Waals surface area contributed by atoms with E-state index in [9.17, 15) is 4.79 Å². The van der Waals surface area contributed by atoms with Crippen LogP contribution in [0.4, 0.5) is 0 Å². The van der Waals surface area contributed by atoms with Gasteiger partial charge in [0.05, 0.1) is 5.56 Å². The van der Waals surface area contributed by atoms with E-state index in [1.807, 2.05) is 0 Å². The topological polar surface area (TPSA) is 48.0 Å². The van der Waals surface area contributed by atoms with Gasteiger partial charge in [-0.1, -0.05) is 77.6 Å². The fraction of sp³-hybridized carbons (Fsp3) is 0.593. The molecule has 0 radical (unpaired) electrons. The summed E-state index contributed by atoms with van der Waals surface area (Å²) in [6, 6.07) is 8.78. The maximum absolute atomic E-state index is 12.6. The minimum absolute atomic E-state index is 0.110. The Morgan fingerprint density at radius 1 is 1.10 bits per heavy atom. The summed E-state index contributed by atoms with van der Waals surface area (Å²) in [4.78, 5) is 12.6. The number of hydrogen-bond acceptors (Lipinski definition) is 1. The van der Waals surface area contributed by atoms with Crippen LogP contribution in [0, 0.1) is 12.8 Å². The van der Waals surface area contributed by atoms with E-state index in [0.717, 1.165) is 48.2 Å². The third-order valence-corrected chi connectivity index (χ3v) is 6.85. The monoisotopic (exact) mass is 408 g/mol. The van der Waals surface area contributed by atoms with Crippen molar-refractivity contribution >= 4 is 5.91 Å². The molecule has 30 heavy (non-hydrogen) atoms. The number of amides is 1. The van der Waals surface area contributed by atoms with Gasteiger partial charge in [0.2, 0.25) is 0 Å². The van der Waals surface area contributed by atoms with Crippen molar-refractivity contribution < 1.29 is 4.79 Å². The van der Waals surface area contributed by atoms with E-state index >= 15 is 0 Å². The van der Waals surface area contributed by atoms with Gasteiger partial charge in [-0.3, -0.25) is 4.79 Å². The highest BCUT2D eigenvalue weighted by Crippen LogP contribution is 2.37. The van der Waals surface area contributed by atoms with E-state index < -0.39 is 0 Å². The Morgan fingerprint density at radius 2 is 1.73 bits per heavy atom. The fourth-order valence-corrected chi connectivity index (χ4v) is 5.03. The summed E-state index contributed by atoms with van der Waals surface area (Å²) in [5, 5.41) is 0. The molecule has 1 saturated carbocycles. The smallest absolute Gasteiger partial charge is 0.251 e. The number of aromatic nitrogens is 1. The Morgan fingerprint density at radius 3 is 2.27 bits per heavy atom. The molecule has 1 aromatic carbocycles. The summed E-state index contributed by atoms with van der Waals surface area (Å²) in [6.45, 7) is 12.0. The van der Waals surface area contributed by atoms with Gasteiger partial charge in [-0.25, -0.2) is 0 Å². The fourth-order valence-electron chi connectivity index (χ4n) is 5.03. The Kier molecular flexibility index (Phi) is 7.10. The van der Waals surface area contributed by atoms with E-state index in [1.54, 1.807) is 0 Å². The molecular weight excluding hydrogens is 368 g/mol. The highest BCUT2D eigenvalue weighted by molar-refractivity contribution is 6.02. The second-order valence-corrected chi connectivity index (χ2v) is 10.2. The SMILES string of the molecule is CCCCc1c(-c2ccc(C(C)(C)C)cc2)c(C(N)=O)c(C)n1CC1CCCCC1. The zero-order chi connectivity index (χ0) is 21.9. The third-order valence-electron chi connectivity index (χ3n) is 6.85. The zero-order valence-corrected chi connectivity index (χ0v) is 19.7. The van der Waals surface area contributed by atoms with Gasteiger partial charge in [0.1, 0.15) is 0 Å². The maximum atomic E-state index is 12.6. The number of hydrogen-bond donors (Lipinski definition) is 1. The van der Waals surface area contributed by atoms with Gasteiger partial charge < -0.3 is 10.3 Å². The number of benzene rings is 1. The van der Waals surface area contributed by atoms with E-state index in [4.69, 9.17) is 5.73 Å². The summed E-state index contributed by atoms with van der Waals surface area (Å²) >= 11 is 0. The van der Waals surface area contributed by atoms with Gasteiger partial charge in [0.15, 0.2) is 0 Å². The molecule has 0 aliphatic heterocycles. The molecule has 3 nitrogen and oxygen atoms in total. The minimum Gasteiger partial charge on any atom is -0.366 e. The van der Waals surface area contributed by atoms with Crippen LogP contribution in [0.25, 0.3) is 11.1 Å². The number of nitrogens with zero attached hydrogens (tertiary/aromatic N) is 1. The lowest BCUT2D eigenvalue weighted by Gasteiger charge is -2.24. The van der Waals surface area contributed by atoms with Gasteiger partial charge in [-0.05, 0) is 55.1 Å². The van der Waals surface area contributed by atoms with Crippen LogP contribution >= 0.6 is 0 Å². The summed E-state index contributed by atoms with van der Waals surface area (Å²) in [5.41, 5.74) is 12.6. The molecule has 1 aromatic heterocycles. The van der Waals surface area contributed by atoms with Crippen molar-refractivity contribution in [1.82, 2.24) is 4.57 Å². The quantitative estimate of drug-likeness (QED) is 0.539. The predicted octanol–water partition coefficient (Wildman–Crippen LogP) is 6.78. The number of unbranched alkanes of at least 4 members (excludes halogenated alkanes) is 1. The highest BCUT2D eigenvalue weighted by atomic mass is 16.1. The normalized spacial score (nSPS) is 15.5. The van der Waals surface area contributed by atoms with Crippen LogP contribution in [0.3, 0.4) is 0 Å². The van der Waals surface area contributed by atoms with Crippen molar-refractivity contribution in [3.8, 4) is 11.1 Å². The van der Waals surface area contributed by atoms with Gasteiger partial charge in [0, 0.05) is 23.5 Å². The second-order valence-electron chi connectivity index (χ2n) is 10.2. The van der Waals surface area contributed by atoms with Gasteiger partial charge in [0.25, 0.3) is 5.91 Å². The second kappa shape index (κ2) is 9.41. The lowest BCUT2D eigenvalue weighted by Crippen LogP contribution is -2.18. The van der Waals surface area contributed by atoms with Crippen molar-refractivity contribution in [2.75, 3.05) is 0 Å². The first-order chi connectivity index (χ1) is 14.2. The Balaban J connectivity index is 2.11. The molecule has 0 spiro atoms. The molecule has 2 N–H and O–H groups in total. The lowest BCUT2D eigenvalue weighted by molar-refractivity contribution is 0.1000. The molecule has 0 atom stereocenters. The third kappa shape index (κ3) is 4.82. The average Bonchev–Trinajstić information content (AvgIpc) is 2.98. The molecule has 1 aliphatic rings.